The highest BCUT2D eigenvalue weighted by Gasteiger charge is 2.19. The van der Waals surface area contributed by atoms with Crippen molar-refractivity contribution in [1.82, 2.24) is 0 Å². The van der Waals surface area contributed by atoms with Crippen LogP contribution < -0.4 is 9.47 Å². The molecule has 0 saturated carbocycles. The van der Waals surface area contributed by atoms with Crippen LogP contribution in [0.3, 0.4) is 0 Å². The monoisotopic (exact) mass is 290 g/mol. The Balaban J connectivity index is 2.56. The van der Waals surface area contributed by atoms with Crippen molar-refractivity contribution in [1.29, 1.82) is 0 Å². The van der Waals surface area contributed by atoms with Gasteiger partial charge in [-0.2, -0.15) is 0 Å². The zero-order chi connectivity index (χ0) is 14.7. The Morgan fingerprint density at radius 1 is 1.05 bits per heavy atom. The van der Waals surface area contributed by atoms with Gasteiger partial charge < -0.3 is 9.47 Å². The molecule has 2 aromatic rings. The van der Waals surface area contributed by atoms with Crippen molar-refractivity contribution in [2.45, 2.75) is 6.92 Å². The highest BCUT2D eigenvalue weighted by Crippen LogP contribution is 2.33. The summed E-state index contributed by atoms with van der Waals surface area (Å²) in [6, 6.07) is 10.5. The lowest BCUT2D eigenvalue weighted by atomic mass is 9.98. The number of halogens is 1. The fraction of sp³-hybridized carbons (Fsp3) is 0.188. The minimum Gasteiger partial charge on any atom is -0.493 e. The molecule has 0 N–H and O–H groups in total. The number of carbonyl (C=O) groups excluding carboxylic acids is 1. The molecule has 104 valence electrons. The molecule has 0 bridgehead atoms. The minimum atomic E-state index is -0.138. The van der Waals surface area contributed by atoms with Crippen molar-refractivity contribution in [3.05, 3.63) is 58.1 Å². The van der Waals surface area contributed by atoms with Crippen molar-refractivity contribution in [3.63, 3.8) is 0 Å². The number of hydrogen-bond donors (Lipinski definition) is 0. The Kier molecular flexibility index (Phi) is 4.30. The van der Waals surface area contributed by atoms with Crippen molar-refractivity contribution < 1.29 is 14.3 Å². The molecule has 0 aliphatic rings. The number of carbonyl (C=O) groups is 1. The highest BCUT2D eigenvalue weighted by molar-refractivity contribution is 6.31. The number of aryl methyl sites for hydroxylation is 1. The SMILES string of the molecule is COc1cccc(C(=O)c2cc(Cl)ccc2C)c1OC. The fourth-order valence-electron chi connectivity index (χ4n) is 2.05. The van der Waals surface area contributed by atoms with Crippen LogP contribution in [0.1, 0.15) is 21.5 Å². The van der Waals surface area contributed by atoms with Gasteiger partial charge in [0, 0.05) is 10.6 Å². The first-order chi connectivity index (χ1) is 9.58. The molecule has 0 fully saturated rings. The Bertz CT molecular complexity index is 650. The summed E-state index contributed by atoms with van der Waals surface area (Å²) in [4.78, 5) is 12.7. The van der Waals surface area contributed by atoms with Gasteiger partial charge in [-0.1, -0.05) is 23.7 Å². The van der Waals surface area contributed by atoms with Crippen LogP contribution in [0, 0.1) is 6.92 Å². The third kappa shape index (κ3) is 2.63. The van der Waals surface area contributed by atoms with Gasteiger partial charge in [0.15, 0.2) is 17.3 Å². The predicted octanol–water partition coefficient (Wildman–Crippen LogP) is 3.90. The first kappa shape index (κ1) is 14.4. The second-order valence-corrected chi connectivity index (χ2v) is 4.77. The zero-order valence-electron chi connectivity index (χ0n) is 11.6. The molecule has 0 heterocycles. The first-order valence-corrected chi connectivity index (χ1v) is 6.48. The summed E-state index contributed by atoms with van der Waals surface area (Å²) in [7, 11) is 3.05. The number of hydrogen-bond acceptors (Lipinski definition) is 3. The van der Waals surface area contributed by atoms with Gasteiger partial charge in [-0.25, -0.2) is 0 Å². The Hall–Kier alpha value is -2.00. The van der Waals surface area contributed by atoms with Gasteiger partial charge in [0.05, 0.1) is 19.8 Å². The molecule has 0 aliphatic heterocycles. The molecule has 4 heteroatoms. The standard InChI is InChI=1S/C16H15ClO3/c1-10-7-8-11(17)9-13(10)15(18)12-5-4-6-14(19-2)16(12)20-3/h4-9H,1-3H3. The van der Waals surface area contributed by atoms with E-state index in [2.05, 4.69) is 0 Å². The largest absolute Gasteiger partial charge is 0.493 e. The van der Waals surface area contributed by atoms with Crippen LogP contribution in [0.15, 0.2) is 36.4 Å². The molecule has 0 spiro atoms. The Morgan fingerprint density at radius 2 is 1.80 bits per heavy atom. The summed E-state index contributed by atoms with van der Waals surface area (Å²) >= 11 is 5.97. The lowest BCUT2D eigenvalue weighted by molar-refractivity contribution is 0.103. The molecule has 20 heavy (non-hydrogen) atoms. The first-order valence-electron chi connectivity index (χ1n) is 6.10. The summed E-state index contributed by atoms with van der Waals surface area (Å²) in [5.41, 5.74) is 1.88. The van der Waals surface area contributed by atoms with Crippen LogP contribution in [-0.4, -0.2) is 20.0 Å². The van der Waals surface area contributed by atoms with E-state index in [9.17, 15) is 4.79 Å². The molecule has 2 rings (SSSR count). The molecule has 0 saturated heterocycles. The van der Waals surface area contributed by atoms with Crippen molar-refractivity contribution in [2.75, 3.05) is 14.2 Å². The molecular formula is C16H15ClO3. The third-order valence-corrected chi connectivity index (χ3v) is 3.33. The van der Waals surface area contributed by atoms with Crippen LogP contribution in [0.25, 0.3) is 0 Å². The Morgan fingerprint density at radius 3 is 2.45 bits per heavy atom. The van der Waals surface area contributed by atoms with Crippen LogP contribution in [0.4, 0.5) is 0 Å². The maximum absolute atomic E-state index is 12.7. The van der Waals surface area contributed by atoms with E-state index >= 15 is 0 Å². The van der Waals surface area contributed by atoms with Gasteiger partial charge in [0.25, 0.3) is 0 Å². The number of ether oxygens (including phenoxy) is 2. The summed E-state index contributed by atoms with van der Waals surface area (Å²) in [6.45, 7) is 1.87. The number of ketones is 1. The van der Waals surface area contributed by atoms with Crippen LogP contribution >= 0.6 is 11.6 Å². The van der Waals surface area contributed by atoms with Gasteiger partial charge in [-0.3, -0.25) is 4.79 Å². The summed E-state index contributed by atoms with van der Waals surface area (Å²) < 4.78 is 10.5. The Labute approximate surface area is 123 Å². The lowest BCUT2D eigenvalue weighted by Gasteiger charge is -2.12. The molecule has 0 aromatic heterocycles. The summed E-state index contributed by atoms with van der Waals surface area (Å²) in [5, 5.41) is 0.529. The molecule has 0 radical (unpaired) electrons. The van der Waals surface area contributed by atoms with Gasteiger partial charge in [0.2, 0.25) is 0 Å². The lowest BCUT2D eigenvalue weighted by Crippen LogP contribution is -2.07. The predicted molar refractivity (Wildman–Crippen MR) is 79.2 cm³/mol. The van der Waals surface area contributed by atoms with Gasteiger partial charge >= 0.3 is 0 Å². The molecule has 0 amide bonds. The average molecular weight is 291 g/mol. The van der Waals surface area contributed by atoms with Gasteiger partial charge in [0.1, 0.15) is 0 Å². The van der Waals surface area contributed by atoms with E-state index in [1.165, 1.54) is 14.2 Å². The fourth-order valence-corrected chi connectivity index (χ4v) is 2.22. The smallest absolute Gasteiger partial charge is 0.197 e. The molecule has 2 aromatic carbocycles. The number of rotatable bonds is 4. The third-order valence-electron chi connectivity index (χ3n) is 3.09. The van der Waals surface area contributed by atoms with E-state index in [4.69, 9.17) is 21.1 Å². The molecule has 0 aliphatic carbocycles. The number of methoxy groups -OCH3 is 2. The topological polar surface area (TPSA) is 35.5 Å². The van der Waals surface area contributed by atoms with E-state index < -0.39 is 0 Å². The second kappa shape index (κ2) is 5.97. The maximum atomic E-state index is 12.7. The van der Waals surface area contributed by atoms with Crippen molar-refractivity contribution in [2.24, 2.45) is 0 Å². The quantitative estimate of drug-likeness (QED) is 0.801. The molecule has 0 unspecified atom stereocenters. The molecule has 3 nitrogen and oxygen atoms in total. The minimum absolute atomic E-state index is 0.138. The highest BCUT2D eigenvalue weighted by atomic mass is 35.5. The van der Waals surface area contributed by atoms with E-state index in [1.54, 1.807) is 30.3 Å². The van der Waals surface area contributed by atoms with Crippen LogP contribution in [0.2, 0.25) is 5.02 Å². The second-order valence-electron chi connectivity index (χ2n) is 4.33. The van der Waals surface area contributed by atoms with E-state index in [1.807, 2.05) is 13.0 Å². The average Bonchev–Trinajstić information content (AvgIpc) is 2.48. The molecular weight excluding hydrogens is 276 g/mol. The van der Waals surface area contributed by atoms with E-state index in [-0.39, 0.29) is 5.78 Å². The maximum Gasteiger partial charge on any atom is 0.197 e. The zero-order valence-corrected chi connectivity index (χ0v) is 12.3. The van der Waals surface area contributed by atoms with E-state index in [0.717, 1.165) is 5.56 Å². The van der Waals surface area contributed by atoms with Crippen molar-refractivity contribution in [3.8, 4) is 11.5 Å². The summed E-state index contributed by atoms with van der Waals surface area (Å²) in [5.74, 6) is 0.818. The number of benzene rings is 2. The van der Waals surface area contributed by atoms with Gasteiger partial charge in [-0.05, 0) is 36.8 Å². The van der Waals surface area contributed by atoms with Crippen LogP contribution in [0.5, 0.6) is 11.5 Å². The van der Waals surface area contributed by atoms with E-state index in [0.29, 0.717) is 27.6 Å². The van der Waals surface area contributed by atoms with Gasteiger partial charge in [-0.15, -0.1) is 0 Å². The summed E-state index contributed by atoms with van der Waals surface area (Å²) in [6.07, 6.45) is 0. The van der Waals surface area contributed by atoms with Crippen molar-refractivity contribution >= 4 is 17.4 Å². The van der Waals surface area contributed by atoms with Crippen LogP contribution in [-0.2, 0) is 0 Å². The molecule has 0 atom stereocenters. The normalized spacial score (nSPS) is 10.2. The number of para-hydroxylation sites is 1.